The molecule has 0 bridgehead atoms. The van der Waals surface area contributed by atoms with Crippen molar-refractivity contribution in [2.45, 2.75) is 45.6 Å². The van der Waals surface area contributed by atoms with Gasteiger partial charge in [-0.1, -0.05) is 11.6 Å². The van der Waals surface area contributed by atoms with Crippen LogP contribution in [0, 0.1) is 6.92 Å². The molecule has 0 saturated heterocycles. The van der Waals surface area contributed by atoms with E-state index in [1.807, 2.05) is 0 Å². The van der Waals surface area contributed by atoms with Gasteiger partial charge >= 0.3 is 5.97 Å². The molecule has 26 heavy (non-hydrogen) atoms. The molecule has 3 rings (SSSR count). The first-order valence-corrected chi connectivity index (χ1v) is 8.64. The van der Waals surface area contributed by atoms with Crippen molar-refractivity contribution in [3.63, 3.8) is 0 Å². The minimum atomic E-state index is -1.26. The Hall–Kier alpha value is -2.90. The molecule has 1 aliphatic rings. The fraction of sp³-hybridized carbons (Fsp3) is 0.444. The number of carboxylic acid groups (broad SMARTS) is 1. The molecule has 8 nitrogen and oxygen atoms in total. The largest absolute Gasteiger partial charge is 0.478 e. The van der Waals surface area contributed by atoms with E-state index >= 15 is 0 Å². The van der Waals surface area contributed by atoms with Crippen LogP contribution in [0.2, 0.25) is 0 Å². The fourth-order valence-corrected chi connectivity index (χ4v) is 3.21. The molecule has 2 N–H and O–H groups in total. The second-order valence-corrected chi connectivity index (χ2v) is 6.40. The van der Waals surface area contributed by atoms with Crippen LogP contribution in [0.1, 0.15) is 48.2 Å². The average molecular weight is 359 g/mol. The number of aromatic nitrogens is 2. The first-order valence-electron chi connectivity index (χ1n) is 8.64. The van der Waals surface area contributed by atoms with Crippen LogP contribution < -0.4 is 10.9 Å². The van der Waals surface area contributed by atoms with E-state index < -0.39 is 11.5 Å². The van der Waals surface area contributed by atoms with Gasteiger partial charge in [-0.05, 0) is 39.0 Å². The number of hydrogen-bond donors (Lipinski definition) is 2. The molecule has 2 aromatic heterocycles. The van der Waals surface area contributed by atoms with E-state index in [1.165, 1.54) is 31.7 Å². The van der Waals surface area contributed by atoms with E-state index in [2.05, 4.69) is 16.4 Å². The van der Waals surface area contributed by atoms with Gasteiger partial charge in [0.2, 0.25) is 11.6 Å². The van der Waals surface area contributed by atoms with Gasteiger partial charge in [-0.25, -0.2) is 9.78 Å². The molecule has 0 atom stereocenters. The summed E-state index contributed by atoms with van der Waals surface area (Å²) in [4.78, 5) is 40.0. The number of nitrogens with zero attached hydrogens (tertiary/aromatic N) is 2. The normalized spacial score (nSPS) is 14.3. The van der Waals surface area contributed by atoms with Gasteiger partial charge in [0.25, 0.3) is 5.56 Å². The van der Waals surface area contributed by atoms with E-state index in [-0.39, 0.29) is 34.9 Å². The highest BCUT2D eigenvalue weighted by Gasteiger charge is 2.22. The van der Waals surface area contributed by atoms with Crippen molar-refractivity contribution >= 4 is 23.0 Å². The molecule has 0 fully saturated rings. The fourth-order valence-electron chi connectivity index (χ4n) is 3.21. The van der Waals surface area contributed by atoms with Gasteiger partial charge < -0.3 is 14.8 Å². The molecule has 8 heteroatoms. The minimum Gasteiger partial charge on any atom is -0.478 e. The highest BCUT2D eigenvalue weighted by Crippen LogP contribution is 2.21. The Kier molecular flexibility index (Phi) is 5.20. The number of aromatic carboxylic acids is 1. The summed E-state index contributed by atoms with van der Waals surface area (Å²) in [6.07, 6.45) is 8.82. The van der Waals surface area contributed by atoms with Crippen molar-refractivity contribution in [1.29, 1.82) is 0 Å². The zero-order valence-electron chi connectivity index (χ0n) is 14.6. The first kappa shape index (κ1) is 17.9. The van der Waals surface area contributed by atoms with Gasteiger partial charge in [0.15, 0.2) is 0 Å². The van der Waals surface area contributed by atoms with Gasteiger partial charge in [-0.15, -0.1) is 0 Å². The number of allylic oxidation sites excluding steroid dienone is 1. The Morgan fingerprint density at radius 2 is 2.19 bits per heavy atom. The molecule has 0 aromatic carbocycles. The number of fused-ring (bicyclic) bond motifs is 1. The summed E-state index contributed by atoms with van der Waals surface area (Å²) >= 11 is 0. The van der Waals surface area contributed by atoms with Gasteiger partial charge in [0.05, 0.1) is 0 Å². The maximum atomic E-state index is 12.5. The standard InChI is InChI=1S/C18H21N3O5/c1-11-14(18(24)25)15-16(26-11)20-10-21(17(15)23)9-13(22)19-8-7-12-5-3-2-4-6-12/h5,10H,2-4,6-9H2,1H3,(H,19,22)(H,24,25). The van der Waals surface area contributed by atoms with Gasteiger partial charge in [0.1, 0.15) is 29.6 Å². The predicted molar refractivity (Wildman–Crippen MR) is 94.1 cm³/mol. The second kappa shape index (κ2) is 7.55. The van der Waals surface area contributed by atoms with E-state index in [4.69, 9.17) is 4.42 Å². The van der Waals surface area contributed by atoms with Gasteiger partial charge in [-0.2, -0.15) is 0 Å². The summed E-state index contributed by atoms with van der Waals surface area (Å²) in [5.41, 5.74) is 0.508. The molecule has 1 amide bonds. The SMILES string of the molecule is Cc1oc2ncn(CC(=O)NCCC3=CCCCC3)c(=O)c2c1C(=O)O. The smallest absolute Gasteiger partial charge is 0.340 e. The number of nitrogens with one attached hydrogen (secondary N) is 1. The Balaban J connectivity index is 1.70. The van der Waals surface area contributed by atoms with Crippen molar-refractivity contribution in [3.05, 3.63) is 39.7 Å². The van der Waals surface area contributed by atoms with E-state index in [1.54, 1.807) is 0 Å². The van der Waals surface area contributed by atoms with Crippen LogP contribution in [0.15, 0.2) is 27.2 Å². The number of carbonyl (C=O) groups is 2. The third kappa shape index (κ3) is 3.68. The van der Waals surface area contributed by atoms with Crippen molar-refractivity contribution in [2.24, 2.45) is 0 Å². The summed E-state index contributed by atoms with van der Waals surface area (Å²) in [5.74, 6) is -1.47. The molecular weight excluding hydrogens is 338 g/mol. The zero-order valence-corrected chi connectivity index (χ0v) is 14.6. The summed E-state index contributed by atoms with van der Waals surface area (Å²) in [5, 5.41) is 11.9. The van der Waals surface area contributed by atoms with Crippen LogP contribution in [0.25, 0.3) is 11.1 Å². The molecule has 1 aliphatic carbocycles. The van der Waals surface area contributed by atoms with Crippen molar-refractivity contribution in [2.75, 3.05) is 6.54 Å². The molecule has 138 valence electrons. The Bertz CT molecular complexity index is 938. The maximum Gasteiger partial charge on any atom is 0.340 e. The Morgan fingerprint density at radius 1 is 1.38 bits per heavy atom. The van der Waals surface area contributed by atoms with Crippen molar-refractivity contribution in [1.82, 2.24) is 14.9 Å². The topological polar surface area (TPSA) is 114 Å². The molecule has 0 saturated carbocycles. The Morgan fingerprint density at radius 3 is 2.88 bits per heavy atom. The van der Waals surface area contributed by atoms with Crippen LogP contribution in [0.4, 0.5) is 0 Å². The van der Waals surface area contributed by atoms with Crippen molar-refractivity contribution < 1.29 is 19.1 Å². The van der Waals surface area contributed by atoms with Crippen LogP contribution >= 0.6 is 0 Å². The highest BCUT2D eigenvalue weighted by molar-refractivity contribution is 6.02. The molecule has 0 aliphatic heterocycles. The molecule has 2 heterocycles. The summed E-state index contributed by atoms with van der Waals surface area (Å²) in [7, 11) is 0. The lowest BCUT2D eigenvalue weighted by Crippen LogP contribution is -2.33. The van der Waals surface area contributed by atoms with Crippen LogP contribution in [-0.2, 0) is 11.3 Å². The summed E-state index contributed by atoms with van der Waals surface area (Å²) in [6.45, 7) is 1.76. The summed E-state index contributed by atoms with van der Waals surface area (Å²) < 4.78 is 6.32. The third-order valence-corrected chi connectivity index (χ3v) is 4.54. The average Bonchev–Trinajstić information content (AvgIpc) is 2.95. The minimum absolute atomic E-state index is 0.0363. The van der Waals surface area contributed by atoms with Gasteiger partial charge in [0, 0.05) is 6.54 Å². The number of amides is 1. The number of carbonyl (C=O) groups excluding carboxylic acids is 1. The van der Waals surface area contributed by atoms with Crippen LogP contribution in [0.3, 0.4) is 0 Å². The number of carboxylic acids is 1. The second-order valence-electron chi connectivity index (χ2n) is 6.40. The molecule has 0 radical (unpaired) electrons. The van der Waals surface area contributed by atoms with E-state index in [9.17, 15) is 19.5 Å². The van der Waals surface area contributed by atoms with Crippen LogP contribution in [0.5, 0.6) is 0 Å². The van der Waals surface area contributed by atoms with E-state index in [0.29, 0.717) is 6.54 Å². The lowest BCUT2D eigenvalue weighted by Gasteiger charge is -2.13. The van der Waals surface area contributed by atoms with Crippen LogP contribution in [-0.4, -0.2) is 33.1 Å². The van der Waals surface area contributed by atoms with Crippen molar-refractivity contribution in [3.8, 4) is 0 Å². The number of rotatable bonds is 6. The number of hydrogen-bond acceptors (Lipinski definition) is 5. The summed E-state index contributed by atoms with van der Waals surface area (Å²) in [6, 6.07) is 0. The van der Waals surface area contributed by atoms with E-state index in [0.717, 1.165) is 23.8 Å². The maximum absolute atomic E-state index is 12.5. The lowest BCUT2D eigenvalue weighted by molar-refractivity contribution is -0.121. The predicted octanol–water partition coefficient (Wildman–Crippen LogP) is 2.00. The lowest BCUT2D eigenvalue weighted by atomic mass is 9.97. The molecule has 2 aromatic rings. The van der Waals surface area contributed by atoms with Gasteiger partial charge in [-0.3, -0.25) is 14.2 Å². The third-order valence-electron chi connectivity index (χ3n) is 4.54. The monoisotopic (exact) mass is 359 g/mol. The molecule has 0 unspecified atom stereocenters. The molecule has 0 spiro atoms. The first-order chi connectivity index (χ1) is 12.5. The zero-order chi connectivity index (χ0) is 18.7. The Labute approximate surface area is 149 Å². The number of furan rings is 1. The highest BCUT2D eigenvalue weighted by atomic mass is 16.4. The number of aryl methyl sites for hydroxylation is 1. The molecular formula is C18H21N3O5. The quantitative estimate of drug-likeness (QED) is 0.763.